The predicted octanol–water partition coefficient (Wildman–Crippen LogP) is 0.264. The van der Waals surface area contributed by atoms with E-state index in [1.807, 2.05) is 13.0 Å². The van der Waals surface area contributed by atoms with Crippen molar-refractivity contribution in [3.8, 4) is 0 Å². The second kappa shape index (κ2) is 13.1. The molecule has 13 heteroatoms. The number of nitrogens with one attached hydrogen (secondary N) is 4. The van der Waals surface area contributed by atoms with Gasteiger partial charge in [-0.2, -0.15) is 4.72 Å². The summed E-state index contributed by atoms with van der Waals surface area (Å²) in [6.07, 6.45) is 2.19. The van der Waals surface area contributed by atoms with Gasteiger partial charge < -0.3 is 26.4 Å². The molecule has 2 unspecified atom stereocenters. The maximum absolute atomic E-state index is 13.5. The normalized spacial score (nSPS) is 22.4. The first-order valence-corrected chi connectivity index (χ1v) is 13.5. The Labute approximate surface area is 234 Å². The number of piperidine rings is 1. The molecule has 4 atom stereocenters. The van der Waals surface area contributed by atoms with Gasteiger partial charge in [0.1, 0.15) is 17.0 Å². The first-order valence-electron chi connectivity index (χ1n) is 12.0. The average Bonchev–Trinajstić information content (AvgIpc) is 2.79. The molecule has 0 radical (unpaired) electrons. The van der Waals surface area contributed by atoms with Gasteiger partial charge in [-0.05, 0) is 55.6 Å². The Hall–Kier alpha value is -1.86. The first-order chi connectivity index (χ1) is 16.5. The van der Waals surface area contributed by atoms with Crippen LogP contribution in [0.4, 0.5) is 5.69 Å². The fraction of sp³-hybridized carbons (Fsp3) is 0.609. The van der Waals surface area contributed by atoms with Crippen molar-refractivity contribution in [1.82, 2.24) is 14.9 Å². The van der Waals surface area contributed by atoms with Gasteiger partial charge in [-0.15, -0.1) is 0 Å². The number of nitrogens with zero attached hydrogens (tertiary/aromatic N) is 1. The first kappa shape index (κ1) is 30.4. The van der Waals surface area contributed by atoms with Gasteiger partial charge in [-0.25, -0.2) is 13.2 Å². The summed E-state index contributed by atoms with van der Waals surface area (Å²) in [5.74, 6) is -1.35. The van der Waals surface area contributed by atoms with E-state index in [1.165, 1.54) is 11.0 Å². The van der Waals surface area contributed by atoms with E-state index < -0.39 is 34.0 Å². The summed E-state index contributed by atoms with van der Waals surface area (Å²) < 4.78 is 29.5. The molecule has 1 saturated heterocycles. The third-order valence-electron chi connectivity index (χ3n) is 6.61. The second-order valence-electron chi connectivity index (χ2n) is 9.65. The molecule has 2 heterocycles. The van der Waals surface area contributed by atoms with Crippen LogP contribution in [0.25, 0.3) is 0 Å². The van der Waals surface area contributed by atoms with Crippen molar-refractivity contribution in [1.29, 1.82) is 5.41 Å². The fourth-order valence-electron chi connectivity index (χ4n) is 4.75. The molecule has 7 N–H and O–H groups in total. The molecule has 3 rings (SSSR count). The molecule has 1 amide bonds. The Morgan fingerprint density at radius 1 is 1.31 bits per heavy atom. The van der Waals surface area contributed by atoms with Crippen molar-refractivity contribution in [2.45, 2.75) is 62.9 Å². The Morgan fingerprint density at radius 3 is 2.69 bits per heavy atom. The van der Waals surface area contributed by atoms with Gasteiger partial charge in [0.05, 0.1) is 5.69 Å². The number of sulfonamides is 1. The van der Waals surface area contributed by atoms with Gasteiger partial charge >= 0.3 is 35.5 Å². The van der Waals surface area contributed by atoms with Crippen molar-refractivity contribution in [2.75, 3.05) is 25.0 Å². The SMILES string of the molecule is CC1CNc2c(cccc2S(=O)(=O)NC(CCCNC(=N)N)C(=O)N2CC[C@@H](C)C[C@@H]2C(=O)O)C1.[NaH]. The van der Waals surface area contributed by atoms with Crippen LogP contribution in [0.5, 0.6) is 0 Å². The zero-order valence-electron chi connectivity index (χ0n) is 20.2. The van der Waals surface area contributed by atoms with Gasteiger partial charge in [0.2, 0.25) is 15.9 Å². The molecule has 0 aromatic heterocycles. The molecule has 11 nitrogen and oxygen atoms in total. The van der Waals surface area contributed by atoms with Crippen LogP contribution in [0.2, 0.25) is 0 Å². The standard InChI is InChI=1S/C23H36N6O5S.Na.H/c1-14-8-10-29(18(12-14)22(31)32)21(30)17(6-4-9-26-23(24)25)28-35(33,34)19-7-3-5-16-11-15(2)13-27-20(16)19;;/h3,5,7,14-15,17-18,27-28H,4,6,8-13H2,1-2H3,(H,31,32)(H4,24,25,26);;/t14-,15?,17?,18-;;/m1../s1. The van der Waals surface area contributed by atoms with Crippen molar-refractivity contribution >= 4 is 63.1 Å². The van der Waals surface area contributed by atoms with Crippen LogP contribution in [0, 0.1) is 17.2 Å². The number of anilines is 1. The molecule has 36 heavy (non-hydrogen) atoms. The molecule has 2 aliphatic rings. The number of aliphatic carboxylic acids is 1. The number of carboxylic acids is 1. The number of benzene rings is 1. The molecule has 0 spiro atoms. The predicted molar refractivity (Wildman–Crippen MR) is 140 cm³/mol. The van der Waals surface area contributed by atoms with Crippen LogP contribution in [0.3, 0.4) is 0 Å². The van der Waals surface area contributed by atoms with Crippen LogP contribution < -0.4 is 21.1 Å². The molecule has 1 aromatic carbocycles. The van der Waals surface area contributed by atoms with Crippen molar-refractivity contribution < 1.29 is 23.1 Å². The minimum atomic E-state index is -4.10. The summed E-state index contributed by atoms with van der Waals surface area (Å²) >= 11 is 0. The Morgan fingerprint density at radius 2 is 2.03 bits per heavy atom. The topological polar surface area (TPSA) is 178 Å². The van der Waals surface area contributed by atoms with Gasteiger partial charge in [0, 0.05) is 19.6 Å². The van der Waals surface area contributed by atoms with Crippen LogP contribution in [-0.2, 0) is 26.0 Å². The van der Waals surface area contributed by atoms with E-state index in [4.69, 9.17) is 11.1 Å². The van der Waals surface area contributed by atoms with Crippen LogP contribution in [0.15, 0.2) is 23.1 Å². The molecule has 0 aliphatic carbocycles. The molecule has 0 saturated carbocycles. The van der Waals surface area contributed by atoms with Gasteiger partial charge in [0.15, 0.2) is 5.96 Å². The van der Waals surface area contributed by atoms with E-state index in [9.17, 15) is 23.1 Å². The van der Waals surface area contributed by atoms with Crippen LogP contribution in [0.1, 0.15) is 45.1 Å². The quantitative estimate of drug-likeness (QED) is 0.114. The minimum absolute atomic E-state index is 0. The molecule has 1 fully saturated rings. The fourth-order valence-corrected chi connectivity index (χ4v) is 6.20. The Kier molecular flexibility index (Phi) is 11.0. The summed E-state index contributed by atoms with van der Waals surface area (Å²) in [6, 6.07) is 2.93. The summed E-state index contributed by atoms with van der Waals surface area (Å²) in [5.41, 5.74) is 6.75. The second-order valence-corrected chi connectivity index (χ2v) is 11.3. The van der Waals surface area contributed by atoms with Gasteiger partial charge in [-0.1, -0.05) is 26.0 Å². The van der Waals surface area contributed by atoms with E-state index in [2.05, 4.69) is 22.3 Å². The third kappa shape index (κ3) is 7.58. The number of carboxylic acid groups (broad SMARTS) is 1. The Balaban J connectivity index is 0.00000456. The zero-order chi connectivity index (χ0) is 25.8. The van der Waals surface area contributed by atoms with E-state index in [0.717, 1.165) is 12.0 Å². The van der Waals surface area contributed by atoms with E-state index in [0.29, 0.717) is 37.4 Å². The molecule has 2 aliphatic heterocycles. The summed E-state index contributed by atoms with van der Waals surface area (Å²) in [7, 11) is -4.10. The third-order valence-corrected chi connectivity index (χ3v) is 8.13. The van der Waals surface area contributed by atoms with Crippen molar-refractivity contribution in [3.05, 3.63) is 23.8 Å². The Bertz CT molecular complexity index is 1070. The molecule has 196 valence electrons. The van der Waals surface area contributed by atoms with Crippen LogP contribution in [-0.4, -0.2) is 97.5 Å². The monoisotopic (exact) mass is 532 g/mol. The number of carbonyl (C=O) groups is 2. The summed E-state index contributed by atoms with van der Waals surface area (Å²) in [4.78, 5) is 26.8. The number of hydrogen-bond donors (Lipinski definition) is 6. The number of likely N-dealkylation sites (tertiary alicyclic amines) is 1. The number of hydrogen-bond acceptors (Lipinski definition) is 6. The van der Waals surface area contributed by atoms with Crippen molar-refractivity contribution in [2.24, 2.45) is 17.6 Å². The summed E-state index contributed by atoms with van der Waals surface area (Å²) in [6.45, 7) is 5.20. The number of carbonyl (C=O) groups excluding carboxylic acids is 1. The van der Waals surface area contributed by atoms with E-state index in [-0.39, 0.29) is 65.8 Å². The molecular weight excluding hydrogens is 495 g/mol. The van der Waals surface area contributed by atoms with Crippen LogP contribution >= 0.6 is 0 Å². The maximum atomic E-state index is 13.5. The number of amides is 1. The van der Waals surface area contributed by atoms with Crippen molar-refractivity contribution in [3.63, 3.8) is 0 Å². The molecule has 0 bridgehead atoms. The average molecular weight is 533 g/mol. The number of para-hydroxylation sites is 1. The molecule has 1 aromatic rings. The van der Waals surface area contributed by atoms with Gasteiger partial charge in [-0.3, -0.25) is 10.2 Å². The van der Waals surface area contributed by atoms with Gasteiger partial charge in [0.25, 0.3) is 0 Å². The zero-order valence-corrected chi connectivity index (χ0v) is 21.0. The van der Waals surface area contributed by atoms with E-state index >= 15 is 0 Å². The number of fused-ring (bicyclic) bond motifs is 1. The summed E-state index contributed by atoms with van der Waals surface area (Å²) in [5, 5.41) is 22.8. The number of guanidine groups is 1. The number of rotatable bonds is 9. The molecular formula is C23H37N6NaO5S. The number of nitrogens with two attached hydrogens (primary N) is 1. The van der Waals surface area contributed by atoms with E-state index in [1.54, 1.807) is 6.07 Å².